The maximum atomic E-state index is 12.1. The second-order valence-corrected chi connectivity index (χ2v) is 4.73. The van der Waals surface area contributed by atoms with Gasteiger partial charge in [0.05, 0.1) is 12.1 Å². The zero-order chi connectivity index (χ0) is 12.9. The summed E-state index contributed by atoms with van der Waals surface area (Å²) in [7, 11) is 0. The Morgan fingerprint density at radius 1 is 1.29 bits per heavy atom. The van der Waals surface area contributed by atoms with Gasteiger partial charge in [0.25, 0.3) is 0 Å². The van der Waals surface area contributed by atoms with E-state index >= 15 is 0 Å². The van der Waals surface area contributed by atoms with Crippen molar-refractivity contribution < 1.29 is 14.3 Å². The van der Waals surface area contributed by atoms with Crippen molar-refractivity contribution in [1.82, 2.24) is 0 Å². The normalized spacial score (nSPS) is 11.5. The number of hydrogen-bond donors (Lipinski definition) is 1. The summed E-state index contributed by atoms with van der Waals surface area (Å²) in [5.74, 6) is -0.838. The Hall–Kier alpha value is -1.38. The molecule has 0 fully saturated rings. The van der Waals surface area contributed by atoms with Crippen molar-refractivity contribution in [2.45, 2.75) is 38.5 Å². The number of halogens is 1. The van der Waals surface area contributed by atoms with Crippen LogP contribution in [0.15, 0.2) is 24.3 Å². The molecule has 0 heterocycles. The van der Waals surface area contributed by atoms with Crippen LogP contribution in [0.5, 0.6) is 0 Å². The van der Waals surface area contributed by atoms with Crippen molar-refractivity contribution >= 4 is 5.97 Å². The van der Waals surface area contributed by atoms with Gasteiger partial charge < -0.3 is 5.11 Å². The summed E-state index contributed by atoms with van der Waals surface area (Å²) in [6, 6.07) is 7.52. The molecular weight excluding hydrogens is 219 g/mol. The van der Waals surface area contributed by atoms with Gasteiger partial charge in [0.2, 0.25) is 0 Å². The van der Waals surface area contributed by atoms with Crippen LogP contribution in [0, 0.1) is 0 Å². The van der Waals surface area contributed by atoms with E-state index in [9.17, 15) is 14.3 Å². The first-order chi connectivity index (χ1) is 8.00. The zero-order valence-electron chi connectivity index (χ0n) is 10.4. The highest BCUT2D eigenvalue weighted by atomic mass is 19.1. The molecule has 94 valence electrons. The second kappa shape index (κ2) is 5.80. The molecule has 0 aliphatic carbocycles. The van der Waals surface area contributed by atoms with Crippen LogP contribution < -0.4 is 0 Å². The van der Waals surface area contributed by atoms with E-state index in [1.807, 2.05) is 24.3 Å². The number of carboxylic acid groups (broad SMARTS) is 1. The SMILES string of the molecule is CC(C)(C(=O)O)c1ccccc1CCCCF. The fraction of sp³-hybridized carbons (Fsp3) is 0.500. The molecule has 2 nitrogen and oxygen atoms in total. The van der Waals surface area contributed by atoms with E-state index in [4.69, 9.17) is 0 Å². The standard InChI is InChI=1S/C14H19FO2/c1-14(2,13(16)17)12-9-4-3-7-11(12)8-5-6-10-15/h3-4,7,9H,5-6,8,10H2,1-2H3,(H,16,17). The number of benzene rings is 1. The van der Waals surface area contributed by atoms with E-state index in [-0.39, 0.29) is 6.67 Å². The minimum absolute atomic E-state index is 0.315. The maximum absolute atomic E-state index is 12.1. The Labute approximate surface area is 101 Å². The highest BCUT2D eigenvalue weighted by molar-refractivity contribution is 5.80. The van der Waals surface area contributed by atoms with Crippen molar-refractivity contribution in [2.75, 3.05) is 6.67 Å². The number of carboxylic acids is 1. The first-order valence-electron chi connectivity index (χ1n) is 5.88. The van der Waals surface area contributed by atoms with E-state index in [1.165, 1.54) is 0 Å². The molecule has 0 atom stereocenters. The number of unbranched alkanes of at least 4 members (excludes halogenated alkanes) is 1. The second-order valence-electron chi connectivity index (χ2n) is 4.73. The highest BCUT2D eigenvalue weighted by Gasteiger charge is 2.31. The van der Waals surface area contributed by atoms with Gasteiger partial charge in [0, 0.05) is 0 Å². The molecule has 0 spiro atoms. The molecule has 1 aromatic rings. The lowest BCUT2D eigenvalue weighted by atomic mass is 9.81. The summed E-state index contributed by atoms with van der Waals surface area (Å²) in [5, 5.41) is 9.23. The van der Waals surface area contributed by atoms with E-state index in [1.54, 1.807) is 13.8 Å². The minimum Gasteiger partial charge on any atom is -0.481 e. The minimum atomic E-state index is -0.897. The van der Waals surface area contributed by atoms with Crippen molar-refractivity contribution in [3.8, 4) is 0 Å². The summed E-state index contributed by atoms with van der Waals surface area (Å²) in [6.45, 7) is 3.08. The third-order valence-corrected chi connectivity index (χ3v) is 3.06. The lowest BCUT2D eigenvalue weighted by Crippen LogP contribution is -2.29. The van der Waals surface area contributed by atoms with Gasteiger partial charge in [-0.3, -0.25) is 9.18 Å². The smallest absolute Gasteiger partial charge is 0.313 e. The lowest BCUT2D eigenvalue weighted by Gasteiger charge is -2.23. The zero-order valence-corrected chi connectivity index (χ0v) is 10.4. The van der Waals surface area contributed by atoms with Gasteiger partial charge in [-0.2, -0.15) is 0 Å². The number of alkyl halides is 1. The summed E-state index contributed by atoms with van der Waals surface area (Å²) in [5.41, 5.74) is 0.937. The van der Waals surface area contributed by atoms with Gasteiger partial charge in [-0.25, -0.2) is 0 Å². The molecule has 0 unspecified atom stereocenters. The Morgan fingerprint density at radius 3 is 2.53 bits per heavy atom. The molecule has 0 bridgehead atoms. The Morgan fingerprint density at radius 2 is 1.94 bits per heavy atom. The van der Waals surface area contributed by atoms with Crippen LogP contribution in [0.2, 0.25) is 0 Å². The molecule has 1 aromatic carbocycles. The summed E-state index contributed by atoms with van der Waals surface area (Å²) >= 11 is 0. The van der Waals surface area contributed by atoms with Gasteiger partial charge in [0.1, 0.15) is 0 Å². The summed E-state index contributed by atoms with van der Waals surface area (Å²) < 4.78 is 12.1. The van der Waals surface area contributed by atoms with Crippen LogP contribution in [-0.2, 0) is 16.6 Å². The van der Waals surface area contributed by atoms with E-state index < -0.39 is 11.4 Å². The maximum Gasteiger partial charge on any atom is 0.313 e. The molecule has 0 radical (unpaired) electrons. The first kappa shape index (κ1) is 13.7. The monoisotopic (exact) mass is 238 g/mol. The number of carbonyl (C=O) groups is 1. The van der Waals surface area contributed by atoms with Crippen molar-refractivity contribution in [2.24, 2.45) is 0 Å². The van der Waals surface area contributed by atoms with Gasteiger partial charge in [-0.15, -0.1) is 0 Å². The van der Waals surface area contributed by atoms with Gasteiger partial charge in [0.15, 0.2) is 0 Å². The average Bonchev–Trinajstić information content (AvgIpc) is 2.29. The number of aryl methyl sites for hydroxylation is 1. The Bertz CT molecular complexity index is 386. The Balaban J connectivity index is 2.95. The van der Waals surface area contributed by atoms with Crippen LogP contribution in [-0.4, -0.2) is 17.8 Å². The quantitative estimate of drug-likeness (QED) is 0.772. The Kier molecular flexibility index (Phi) is 4.67. The van der Waals surface area contributed by atoms with E-state index in [0.29, 0.717) is 6.42 Å². The highest BCUT2D eigenvalue weighted by Crippen LogP contribution is 2.27. The van der Waals surface area contributed by atoms with Crippen molar-refractivity contribution in [3.63, 3.8) is 0 Å². The van der Waals surface area contributed by atoms with Crippen LogP contribution in [0.25, 0.3) is 0 Å². The van der Waals surface area contributed by atoms with E-state index in [2.05, 4.69) is 0 Å². The molecule has 3 heteroatoms. The number of rotatable bonds is 6. The molecule has 0 saturated carbocycles. The molecule has 1 rings (SSSR count). The molecular formula is C14H19FO2. The van der Waals surface area contributed by atoms with Gasteiger partial charge in [-0.05, 0) is 44.2 Å². The molecule has 0 saturated heterocycles. The molecule has 0 aromatic heterocycles. The third kappa shape index (κ3) is 3.29. The predicted molar refractivity (Wildman–Crippen MR) is 66.0 cm³/mol. The number of aliphatic carboxylic acids is 1. The molecule has 17 heavy (non-hydrogen) atoms. The van der Waals surface area contributed by atoms with Crippen LogP contribution in [0.1, 0.15) is 37.8 Å². The predicted octanol–water partition coefficient (Wildman–Crippen LogP) is 3.34. The first-order valence-corrected chi connectivity index (χ1v) is 5.88. The van der Waals surface area contributed by atoms with Crippen LogP contribution in [0.4, 0.5) is 4.39 Å². The molecule has 0 amide bonds. The number of hydrogen-bond acceptors (Lipinski definition) is 1. The average molecular weight is 238 g/mol. The van der Waals surface area contributed by atoms with Gasteiger partial charge in [-0.1, -0.05) is 24.3 Å². The van der Waals surface area contributed by atoms with Crippen molar-refractivity contribution in [1.29, 1.82) is 0 Å². The van der Waals surface area contributed by atoms with Crippen LogP contribution in [0.3, 0.4) is 0 Å². The van der Waals surface area contributed by atoms with E-state index in [0.717, 1.165) is 24.0 Å². The largest absolute Gasteiger partial charge is 0.481 e. The summed E-state index contributed by atoms with van der Waals surface area (Å²) in [4.78, 5) is 11.2. The van der Waals surface area contributed by atoms with Crippen molar-refractivity contribution in [3.05, 3.63) is 35.4 Å². The lowest BCUT2D eigenvalue weighted by molar-refractivity contribution is -0.142. The fourth-order valence-electron chi connectivity index (χ4n) is 1.87. The fourth-order valence-corrected chi connectivity index (χ4v) is 1.87. The third-order valence-electron chi connectivity index (χ3n) is 3.06. The molecule has 1 N–H and O–H groups in total. The van der Waals surface area contributed by atoms with Gasteiger partial charge >= 0.3 is 5.97 Å². The molecule has 0 aliphatic rings. The molecule has 0 aliphatic heterocycles. The topological polar surface area (TPSA) is 37.3 Å². The van der Waals surface area contributed by atoms with Crippen LogP contribution >= 0.6 is 0 Å². The summed E-state index contributed by atoms with van der Waals surface area (Å²) in [6.07, 6.45) is 2.02.